The summed E-state index contributed by atoms with van der Waals surface area (Å²) < 4.78 is 22.2. The summed E-state index contributed by atoms with van der Waals surface area (Å²) in [7, 11) is -3.71. The third-order valence-electron chi connectivity index (χ3n) is 2.59. The Bertz CT molecular complexity index is 706. The van der Waals surface area contributed by atoms with E-state index in [0.29, 0.717) is 0 Å². The summed E-state index contributed by atoms with van der Waals surface area (Å²) in [6.45, 7) is 0. The van der Waals surface area contributed by atoms with Crippen molar-refractivity contribution in [2.75, 3.05) is 0 Å². The Kier molecular flexibility index (Phi) is 3.32. The highest BCUT2D eigenvalue weighted by atomic mass is 32.2. The lowest BCUT2D eigenvalue weighted by atomic mass is 10.1. The van der Waals surface area contributed by atoms with Crippen molar-refractivity contribution in [1.82, 2.24) is 0 Å². The molecule has 0 fully saturated rings. The van der Waals surface area contributed by atoms with E-state index < -0.39 is 14.9 Å². The molecule has 2 N–H and O–H groups in total. The lowest BCUT2D eigenvalue weighted by molar-refractivity contribution is -0.384. The number of hydrogen-bond acceptors (Lipinski definition) is 4. The fraction of sp³-hybridized carbons (Fsp3) is 0. The lowest BCUT2D eigenvalue weighted by Gasteiger charge is -2.03. The fourth-order valence-corrected chi connectivity index (χ4v) is 2.13. The molecule has 0 amide bonds. The van der Waals surface area contributed by atoms with Gasteiger partial charge in [0.25, 0.3) is 5.69 Å². The van der Waals surface area contributed by atoms with Crippen molar-refractivity contribution in [1.29, 1.82) is 0 Å². The maximum atomic E-state index is 11.1. The summed E-state index contributed by atoms with van der Waals surface area (Å²) in [5.41, 5.74) is 1.51. The SMILES string of the molecule is NS(=O)(=O)c1ccc(-c2ccc([N+](=O)[O-])cc2)cc1. The smallest absolute Gasteiger partial charge is 0.258 e. The summed E-state index contributed by atoms with van der Waals surface area (Å²) >= 11 is 0. The maximum Gasteiger partial charge on any atom is 0.269 e. The number of rotatable bonds is 3. The zero-order chi connectivity index (χ0) is 14.0. The van der Waals surface area contributed by atoms with Gasteiger partial charge in [-0.05, 0) is 35.4 Å². The zero-order valence-corrected chi connectivity index (χ0v) is 10.5. The first-order chi connectivity index (χ1) is 8.88. The first kappa shape index (κ1) is 13.2. The Balaban J connectivity index is 2.35. The first-order valence-corrected chi connectivity index (χ1v) is 6.80. The van der Waals surface area contributed by atoms with Crippen LogP contribution in [0, 0.1) is 10.1 Å². The predicted octanol–water partition coefficient (Wildman–Crippen LogP) is 1.91. The van der Waals surface area contributed by atoms with Crippen LogP contribution in [0.5, 0.6) is 0 Å². The van der Waals surface area contributed by atoms with E-state index in [0.717, 1.165) is 11.1 Å². The lowest BCUT2D eigenvalue weighted by Crippen LogP contribution is -2.11. The highest BCUT2D eigenvalue weighted by Gasteiger charge is 2.08. The van der Waals surface area contributed by atoms with Gasteiger partial charge in [0.15, 0.2) is 0 Å². The number of nitro groups is 1. The molecular weight excluding hydrogens is 268 g/mol. The van der Waals surface area contributed by atoms with Gasteiger partial charge in [0.2, 0.25) is 10.0 Å². The summed E-state index contributed by atoms with van der Waals surface area (Å²) in [6.07, 6.45) is 0. The van der Waals surface area contributed by atoms with Crippen LogP contribution in [0.25, 0.3) is 11.1 Å². The molecule has 0 radical (unpaired) electrons. The maximum absolute atomic E-state index is 11.1. The standard InChI is InChI=1S/C12H10N2O4S/c13-19(17,18)12-7-3-10(4-8-12)9-1-5-11(6-2-9)14(15)16/h1-8H,(H2,13,17,18). The number of benzene rings is 2. The molecule has 2 aromatic carbocycles. The molecule has 0 saturated carbocycles. The molecule has 0 aliphatic rings. The summed E-state index contributed by atoms with van der Waals surface area (Å²) in [6, 6.07) is 12.0. The first-order valence-electron chi connectivity index (χ1n) is 5.25. The fourth-order valence-electron chi connectivity index (χ4n) is 1.61. The van der Waals surface area contributed by atoms with Gasteiger partial charge in [-0.2, -0.15) is 0 Å². The second-order valence-electron chi connectivity index (χ2n) is 3.87. The van der Waals surface area contributed by atoms with Crippen LogP contribution in [0.3, 0.4) is 0 Å². The van der Waals surface area contributed by atoms with E-state index in [1.807, 2.05) is 0 Å². The molecule has 0 unspecified atom stereocenters. The van der Waals surface area contributed by atoms with Gasteiger partial charge in [-0.1, -0.05) is 12.1 Å². The number of primary sulfonamides is 1. The molecule has 0 aromatic heterocycles. The molecular formula is C12H10N2O4S. The summed E-state index contributed by atoms with van der Waals surface area (Å²) in [5.74, 6) is 0. The molecule has 0 saturated heterocycles. The number of hydrogen-bond donors (Lipinski definition) is 1. The minimum atomic E-state index is -3.71. The summed E-state index contributed by atoms with van der Waals surface area (Å²) in [4.78, 5) is 10.1. The monoisotopic (exact) mass is 278 g/mol. The van der Waals surface area contributed by atoms with E-state index in [1.54, 1.807) is 24.3 Å². The van der Waals surface area contributed by atoms with Gasteiger partial charge < -0.3 is 0 Å². The van der Waals surface area contributed by atoms with Crippen LogP contribution in [-0.4, -0.2) is 13.3 Å². The van der Waals surface area contributed by atoms with E-state index in [-0.39, 0.29) is 10.6 Å². The van der Waals surface area contributed by atoms with Crippen LogP contribution in [0.15, 0.2) is 53.4 Å². The number of nitrogens with two attached hydrogens (primary N) is 1. The predicted molar refractivity (Wildman–Crippen MR) is 69.9 cm³/mol. The average Bonchev–Trinajstić information content (AvgIpc) is 2.38. The Labute approximate surface area is 109 Å². The minimum absolute atomic E-state index is 0.00454. The number of nitrogens with zero attached hydrogens (tertiary/aromatic N) is 1. The summed E-state index contributed by atoms with van der Waals surface area (Å²) in [5, 5.41) is 15.5. The molecule has 2 aromatic rings. The molecule has 98 valence electrons. The van der Waals surface area contributed by atoms with Crippen molar-refractivity contribution in [3.63, 3.8) is 0 Å². The Morgan fingerprint density at radius 2 is 1.32 bits per heavy atom. The van der Waals surface area contributed by atoms with E-state index in [1.165, 1.54) is 24.3 Å². The van der Waals surface area contributed by atoms with Crippen molar-refractivity contribution < 1.29 is 13.3 Å². The van der Waals surface area contributed by atoms with Gasteiger partial charge in [-0.3, -0.25) is 10.1 Å². The molecule has 0 aliphatic heterocycles. The second kappa shape index (κ2) is 4.79. The minimum Gasteiger partial charge on any atom is -0.258 e. The van der Waals surface area contributed by atoms with Crippen molar-refractivity contribution in [2.45, 2.75) is 4.90 Å². The van der Waals surface area contributed by atoms with Gasteiger partial charge >= 0.3 is 0 Å². The molecule has 2 rings (SSSR count). The van der Waals surface area contributed by atoms with E-state index in [9.17, 15) is 18.5 Å². The third-order valence-corrected chi connectivity index (χ3v) is 3.52. The van der Waals surface area contributed by atoms with E-state index in [2.05, 4.69) is 0 Å². The van der Waals surface area contributed by atoms with Gasteiger partial charge in [-0.25, -0.2) is 13.6 Å². The highest BCUT2D eigenvalue weighted by Crippen LogP contribution is 2.23. The largest absolute Gasteiger partial charge is 0.269 e. The van der Waals surface area contributed by atoms with Crippen molar-refractivity contribution in [3.05, 3.63) is 58.6 Å². The highest BCUT2D eigenvalue weighted by molar-refractivity contribution is 7.89. The molecule has 0 heterocycles. The van der Waals surface area contributed by atoms with Crippen LogP contribution < -0.4 is 5.14 Å². The number of non-ortho nitro benzene ring substituents is 1. The van der Waals surface area contributed by atoms with Crippen molar-refractivity contribution in [2.24, 2.45) is 5.14 Å². The van der Waals surface area contributed by atoms with E-state index in [4.69, 9.17) is 5.14 Å². The molecule has 7 heteroatoms. The van der Waals surface area contributed by atoms with Crippen LogP contribution >= 0.6 is 0 Å². The third kappa shape index (κ3) is 2.95. The van der Waals surface area contributed by atoms with Crippen LogP contribution in [0.4, 0.5) is 5.69 Å². The van der Waals surface area contributed by atoms with E-state index >= 15 is 0 Å². The number of sulfonamides is 1. The van der Waals surface area contributed by atoms with Crippen LogP contribution in [-0.2, 0) is 10.0 Å². The van der Waals surface area contributed by atoms with Crippen LogP contribution in [0.1, 0.15) is 0 Å². The Morgan fingerprint density at radius 1 is 0.895 bits per heavy atom. The van der Waals surface area contributed by atoms with Gasteiger partial charge in [-0.15, -0.1) is 0 Å². The average molecular weight is 278 g/mol. The quantitative estimate of drug-likeness (QED) is 0.684. The van der Waals surface area contributed by atoms with Crippen molar-refractivity contribution in [3.8, 4) is 11.1 Å². The topological polar surface area (TPSA) is 103 Å². The van der Waals surface area contributed by atoms with Gasteiger partial charge in [0.1, 0.15) is 0 Å². The molecule has 0 atom stereocenters. The molecule has 0 aliphatic carbocycles. The van der Waals surface area contributed by atoms with Crippen molar-refractivity contribution >= 4 is 15.7 Å². The number of nitro benzene ring substituents is 1. The Hall–Kier alpha value is -2.25. The normalized spacial score (nSPS) is 11.2. The molecule has 6 nitrogen and oxygen atoms in total. The van der Waals surface area contributed by atoms with Gasteiger partial charge in [0.05, 0.1) is 9.82 Å². The molecule has 0 spiro atoms. The Morgan fingerprint density at radius 3 is 1.68 bits per heavy atom. The molecule has 19 heavy (non-hydrogen) atoms. The molecule has 0 bridgehead atoms. The second-order valence-corrected chi connectivity index (χ2v) is 5.43. The zero-order valence-electron chi connectivity index (χ0n) is 9.68. The van der Waals surface area contributed by atoms with Crippen LogP contribution in [0.2, 0.25) is 0 Å². The van der Waals surface area contributed by atoms with Gasteiger partial charge in [0, 0.05) is 12.1 Å².